The SMILES string of the molecule is O=C(Nc1ccc(F)cc1)N[C@H]1CC[C@H](CCNC(=O)c2ccccc2F)O[C@@H]1CO. The first-order chi connectivity index (χ1) is 15.0. The molecule has 1 aliphatic heterocycles. The second-order valence-corrected chi connectivity index (χ2v) is 7.29. The van der Waals surface area contributed by atoms with E-state index in [1.165, 1.54) is 42.5 Å². The van der Waals surface area contributed by atoms with E-state index < -0.39 is 35.7 Å². The number of amides is 3. The Labute approximate surface area is 178 Å². The molecule has 0 radical (unpaired) electrons. The Morgan fingerprint density at radius 2 is 1.81 bits per heavy atom. The molecule has 9 heteroatoms. The van der Waals surface area contributed by atoms with Gasteiger partial charge in [-0.2, -0.15) is 0 Å². The number of nitrogens with one attached hydrogen (secondary N) is 3. The molecule has 3 amide bonds. The smallest absolute Gasteiger partial charge is 0.319 e. The number of carbonyl (C=O) groups is 2. The van der Waals surface area contributed by atoms with E-state index >= 15 is 0 Å². The number of anilines is 1. The number of halogens is 2. The highest BCUT2D eigenvalue weighted by Gasteiger charge is 2.31. The van der Waals surface area contributed by atoms with Crippen molar-refractivity contribution in [2.24, 2.45) is 0 Å². The van der Waals surface area contributed by atoms with E-state index in [0.717, 1.165) is 0 Å². The van der Waals surface area contributed by atoms with Crippen molar-refractivity contribution in [3.05, 3.63) is 65.7 Å². The van der Waals surface area contributed by atoms with Gasteiger partial charge in [0.1, 0.15) is 17.7 Å². The Kier molecular flexibility index (Phi) is 7.91. The van der Waals surface area contributed by atoms with Crippen LogP contribution in [-0.2, 0) is 4.74 Å². The van der Waals surface area contributed by atoms with Crippen LogP contribution in [0.3, 0.4) is 0 Å². The van der Waals surface area contributed by atoms with Crippen LogP contribution < -0.4 is 16.0 Å². The van der Waals surface area contributed by atoms with E-state index in [4.69, 9.17) is 4.74 Å². The summed E-state index contributed by atoms with van der Waals surface area (Å²) in [6.07, 6.45) is 0.878. The Bertz CT molecular complexity index is 895. The van der Waals surface area contributed by atoms with Crippen molar-refractivity contribution >= 4 is 17.6 Å². The summed E-state index contributed by atoms with van der Waals surface area (Å²) in [7, 11) is 0. The summed E-state index contributed by atoms with van der Waals surface area (Å²) in [5.41, 5.74) is 0.427. The molecule has 0 aliphatic carbocycles. The normalized spacial score (nSPS) is 20.7. The predicted octanol–water partition coefficient (Wildman–Crippen LogP) is 2.81. The molecular formula is C22H25F2N3O4. The monoisotopic (exact) mass is 433 g/mol. The van der Waals surface area contributed by atoms with Gasteiger partial charge >= 0.3 is 6.03 Å². The van der Waals surface area contributed by atoms with Crippen molar-refractivity contribution in [3.8, 4) is 0 Å². The third kappa shape index (κ3) is 6.47. The Hall–Kier alpha value is -3.04. The fraction of sp³-hybridized carbons (Fsp3) is 0.364. The van der Waals surface area contributed by atoms with Crippen LogP contribution in [0.4, 0.5) is 19.3 Å². The number of aliphatic hydroxyl groups is 1. The van der Waals surface area contributed by atoms with Gasteiger partial charge in [-0.05, 0) is 55.7 Å². The summed E-state index contributed by atoms with van der Waals surface area (Å²) in [5.74, 6) is -1.48. The predicted molar refractivity (Wildman–Crippen MR) is 111 cm³/mol. The van der Waals surface area contributed by atoms with Crippen molar-refractivity contribution in [3.63, 3.8) is 0 Å². The van der Waals surface area contributed by atoms with Crippen LogP contribution in [-0.4, -0.2) is 48.4 Å². The Morgan fingerprint density at radius 3 is 2.52 bits per heavy atom. The number of rotatable bonds is 7. The first-order valence-corrected chi connectivity index (χ1v) is 10.1. The zero-order chi connectivity index (χ0) is 22.2. The van der Waals surface area contributed by atoms with Crippen molar-refractivity contribution in [2.75, 3.05) is 18.5 Å². The molecule has 0 spiro atoms. The molecule has 1 saturated heterocycles. The van der Waals surface area contributed by atoms with Gasteiger partial charge in [-0.15, -0.1) is 0 Å². The lowest BCUT2D eigenvalue weighted by molar-refractivity contribution is -0.0886. The molecule has 4 N–H and O–H groups in total. The van der Waals surface area contributed by atoms with E-state index in [1.807, 2.05) is 0 Å². The first-order valence-electron chi connectivity index (χ1n) is 10.1. The van der Waals surface area contributed by atoms with Gasteiger partial charge in [0.15, 0.2) is 0 Å². The molecule has 2 aromatic rings. The van der Waals surface area contributed by atoms with Crippen LogP contribution in [0.25, 0.3) is 0 Å². The third-order valence-electron chi connectivity index (χ3n) is 5.08. The van der Waals surface area contributed by atoms with E-state index in [0.29, 0.717) is 31.5 Å². The number of hydrogen-bond donors (Lipinski definition) is 4. The lowest BCUT2D eigenvalue weighted by atomic mass is 9.97. The largest absolute Gasteiger partial charge is 0.394 e. The lowest BCUT2D eigenvalue weighted by Gasteiger charge is -2.36. The number of aliphatic hydroxyl groups excluding tert-OH is 1. The maximum Gasteiger partial charge on any atom is 0.319 e. The second kappa shape index (κ2) is 10.8. The van der Waals surface area contributed by atoms with Crippen molar-refractivity contribution in [1.82, 2.24) is 10.6 Å². The van der Waals surface area contributed by atoms with E-state index in [1.54, 1.807) is 6.07 Å². The molecule has 0 bridgehead atoms. The van der Waals surface area contributed by atoms with E-state index in [-0.39, 0.29) is 18.3 Å². The summed E-state index contributed by atoms with van der Waals surface area (Å²) < 4.78 is 32.5. The fourth-order valence-electron chi connectivity index (χ4n) is 3.47. The van der Waals surface area contributed by atoms with Crippen LogP contribution >= 0.6 is 0 Å². The maximum absolute atomic E-state index is 13.7. The van der Waals surface area contributed by atoms with Crippen LogP contribution in [0.2, 0.25) is 0 Å². The molecular weight excluding hydrogens is 408 g/mol. The highest BCUT2D eigenvalue weighted by atomic mass is 19.1. The van der Waals surface area contributed by atoms with Crippen molar-refractivity contribution < 1.29 is 28.2 Å². The summed E-state index contributed by atoms with van der Waals surface area (Å²) in [6.45, 7) is 0.0126. The van der Waals surface area contributed by atoms with Gasteiger partial charge in [0.25, 0.3) is 5.91 Å². The summed E-state index contributed by atoms with van der Waals surface area (Å²) >= 11 is 0. The van der Waals surface area contributed by atoms with Gasteiger partial charge in [0.2, 0.25) is 0 Å². The molecule has 0 aromatic heterocycles. The molecule has 1 heterocycles. The van der Waals surface area contributed by atoms with E-state index in [2.05, 4.69) is 16.0 Å². The highest BCUT2D eigenvalue weighted by molar-refractivity contribution is 5.94. The number of urea groups is 1. The number of ether oxygens (including phenoxy) is 1. The van der Waals surface area contributed by atoms with Gasteiger partial charge < -0.3 is 25.8 Å². The average Bonchev–Trinajstić information content (AvgIpc) is 2.76. The summed E-state index contributed by atoms with van der Waals surface area (Å²) in [6, 6.07) is 10.2. The van der Waals surface area contributed by atoms with Crippen LogP contribution in [0.15, 0.2) is 48.5 Å². The van der Waals surface area contributed by atoms with Gasteiger partial charge in [-0.25, -0.2) is 13.6 Å². The van der Waals surface area contributed by atoms with Crippen LogP contribution in [0.5, 0.6) is 0 Å². The summed E-state index contributed by atoms with van der Waals surface area (Å²) in [5, 5.41) is 17.7. The number of hydrogen-bond acceptors (Lipinski definition) is 4. The average molecular weight is 433 g/mol. The number of benzene rings is 2. The maximum atomic E-state index is 13.7. The molecule has 0 saturated carbocycles. The van der Waals surface area contributed by atoms with Gasteiger partial charge in [-0.1, -0.05) is 12.1 Å². The molecule has 3 atom stereocenters. The van der Waals surface area contributed by atoms with E-state index in [9.17, 15) is 23.5 Å². The van der Waals surface area contributed by atoms with Crippen LogP contribution in [0, 0.1) is 11.6 Å². The van der Waals surface area contributed by atoms with Crippen LogP contribution in [0.1, 0.15) is 29.6 Å². The molecule has 31 heavy (non-hydrogen) atoms. The topological polar surface area (TPSA) is 99.7 Å². The quantitative estimate of drug-likeness (QED) is 0.540. The molecule has 1 aliphatic rings. The standard InChI is InChI=1S/C22H25F2N3O4/c23-14-5-7-15(8-6-14)26-22(30)27-19-10-9-16(31-20(19)13-28)11-12-25-21(29)17-3-1-2-4-18(17)24/h1-8,16,19-20,28H,9-13H2,(H,25,29)(H2,26,27,30)/t16-,19+,20-/m1/s1. The zero-order valence-electron chi connectivity index (χ0n) is 16.8. The molecule has 0 unspecified atom stereocenters. The minimum absolute atomic E-state index is 0.0169. The lowest BCUT2D eigenvalue weighted by Crippen LogP contribution is -2.52. The minimum Gasteiger partial charge on any atom is -0.394 e. The first kappa shape index (κ1) is 22.6. The Morgan fingerprint density at radius 1 is 1.06 bits per heavy atom. The second-order valence-electron chi connectivity index (χ2n) is 7.29. The Balaban J connectivity index is 1.43. The number of carbonyl (C=O) groups excluding carboxylic acids is 2. The molecule has 2 aromatic carbocycles. The summed E-state index contributed by atoms with van der Waals surface area (Å²) in [4.78, 5) is 24.2. The molecule has 7 nitrogen and oxygen atoms in total. The van der Waals surface area contributed by atoms with Crippen molar-refractivity contribution in [2.45, 2.75) is 37.5 Å². The minimum atomic E-state index is -0.597. The van der Waals surface area contributed by atoms with Gasteiger partial charge in [0, 0.05) is 12.2 Å². The zero-order valence-corrected chi connectivity index (χ0v) is 16.8. The molecule has 1 fully saturated rings. The third-order valence-corrected chi connectivity index (χ3v) is 5.08. The highest BCUT2D eigenvalue weighted by Crippen LogP contribution is 2.22. The fourth-order valence-corrected chi connectivity index (χ4v) is 3.47. The van der Waals surface area contributed by atoms with Crippen molar-refractivity contribution in [1.29, 1.82) is 0 Å². The van der Waals surface area contributed by atoms with Gasteiger partial charge in [0.05, 0.1) is 24.3 Å². The molecule has 166 valence electrons. The van der Waals surface area contributed by atoms with Gasteiger partial charge in [-0.3, -0.25) is 4.79 Å². The molecule has 3 rings (SSSR count).